The summed E-state index contributed by atoms with van der Waals surface area (Å²) in [6.07, 6.45) is 0. The maximum absolute atomic E-state index is 12.4. The summed E-state index contributed by atoms with van der Waals surface area (Å²) < 4.78 is 10.3. The predicted octanol–water partition coefficient (Wildman–Crippen LogP) is 4.34. The lowest BCUT2D eigenvalue weighted by Gasteiger charge is -2.05. The molecule has 3 rings (SSSR count). The molecule has 0 saturated carbocycles. The molecule has 0 aliphatic rings. The molecule has 2 aromatic carbocycles. The van der Waals surface area contributed by atoms with E-state index >= 15 is 0 Å². The second-order valence-electron chi connectivity index (χ2n) is 5.33. The van der Waals surface area contributed by atoms with Gasteiger partial charge in [-0.25, -0.2) is 4.79 Å². The van der Waals surface area contributed by atoms with Gasteiger partial charge in [-0.3, -0.25) is 4.79 Å². The van der Waals surface area contributed by atoms with E-state index in [0.717, 1.165) is 5.56 Å². The summed E-state index contributed by atoms with van der Waals surface area (Å²) in [6, 6.07) is 15.5. The molecule has 0 radical (unpaired) electrons. The molecule has 1 heterocycles. The highest BCUT2D eigenvalue weighted by Gasteiger charge is 2.23. The molecule has 0 unspecified atom stereocenters. The average Bonchev–Trinajstić information content (AvgIpc) is 3.02. The van der Waals surface area contributed by atoms with E-state index in [9.17, 15) is 9.59 Å². The van der Waals surface area contributed by atoms with Crippen molar-refractivity contribution < 1.29 is 18.8 Å². The molecule has 5 nitrogen and oxygen atoms in total. The van der Waals surface area contributed by atoms with Crippen molar-refractivity contribution in [2.75, 3.05) is 6.61 Å². The highest BCUT2D eigenvalue weighted by atomic mass is 35.5. The molecule has 0 amide bonds. The Hall–Kier alpha value is -2.92. The van der Waals surface area contributed by atoms with Crippen LogP contribution in [0, 0.1) is 6.92 Å². The average molecular weight is 356 g/mol. The fraction of sp³-hybridized carbons (Fsp3) is 0.105. The largest absolute Gasteiger partial charge is 0.454 e. The van der Waals surface area contributed by atoms with Crippen LogP contribution in [0.2, 0.25) is 5.02 Å². The molecule has 0 N–H and O–H groups in total. The van der Waals surface area contributed by atoms with Gasteiger partial charge in [-0.15, -0.1) is 0 Å². The summed E-state index contributed by atoms with van der Waals surface area (Å²) in [5.41, 5.74) is 1.76. The first kappa shape index (κ1) is 16.9. The molecule has 3 aromatic rings. The second kappa shape index (κ2) is 7.32. The van der Waals surface area contributed by atoms with Crippen molar-refractivity contribution in [2.45, 2.75) is 6.92 Å². The Morgan fingerprint density at radius 2 is 1.76 bits per heavy atom. The normalized spacial score (nSPS) is 10.5. The van der Waals surface area contributed by atoms with Crippen LogP contribution in [0.5, 0.6) is 0 Å². The molecule has 0 bridgehead atoms. The zero-order valence-corrected chi connectivity index (χ0v) is 14.1. The third-order valence-electron chi connectivity index (χ3n) is 3.61. The standard InChI is InChI=1S/C19H14ClNO4/c1-12-17(18(21-25-12)14-5-3-2-4-6-14)19(23)24-11-16(22)13-7-9-15(20)10-8-13/h2-10H,11H2,1H3. The van der Waals surface area contributed by atoms with E-state index < -0.39 is 5.97 Å². The maximum atomic E-state index is 12.4. The van der Waals surface area contributed by atoms with Gasteiger partial charge in [0.1, 0.15) is 17.0 Å². The SMILES string of the molecule is Cc1onc(-c2ccccc2)c1C(=O)OCC(=O)c1ccc(Cl)cc1. The fourth-order valence-corrected chi connectivity index (χ4v) is 2.45. The van der Waals surface area contributed by atoms with Crippen molar-refractivity contribution in [3.63, 3.8) is 0 Å². The van der Waals surface area contributed by atoms with Gasteiger partial charge in [0.05, 0.1) is 0 Å². The fourth-order valence-electron chi connectivity index (χ4n) is 2.33. The molecular formula is C19H14ClNO4. The zero-order valence-electron chi connectivity index (χ0n) is 13.4. The van der Waals surface area contributed by atoms with Gasteiger partial charge >= 0.3 is 5.97 Å². The van der Waals surface area contributed by atoms with E-state index in [0.29, 0.717) is 22.0 Å². The number of hydrogen-bond donors (Lipinski definition) is 0. The molecule has 0 aliphatic heterocycles. The molecule has 25 heavy (non-hydrogen) atoms. The van der Waals surface area contributed by atoms with Crippen molar-refractivity contribution in [3.05, 3.63) is 76.5 Å². The number of nitrogens with zero attached hydrogens (tertiary/aromatic N) is 1. The Bertz CT molecular complexity index is 901. The summed E-state index contributed by atoms with van der Waals surface area (Å²) in [5.74, 6) is -0.636. The van der Waals surface area contributed by atoms with Gasteiger partial charge < -0.3 is 9.26 Å². The third-order valence-corrected chi connectivity index (χ3v) is 3.87. The van der Waals surface area contributed by atoms with Crippen molar-refractivity contribution >= 4 is 23.4 Å². The van der Waals surface area contributed by atoms with Crippen molar-refractivity contribution in [1.82, 2.24) is 5.16 Å². The van der Waals surface area contributed by atoms with Gasteiger partial charge in [0.15, 0.2) is 12.4 Å². The number of Topliss-reactive ketones (excluding diaryl/α,β-unsaturated/α-hetero) is 1. The van der Waals surface area contributed by atoms with Gasteiger partial charge in [0, 0.05) is 16.1 Å². The number of aromatic nitrogens is 1. The molecule has 0 aliphatic carbocycles. The van der Waals surface area contributed by atoms with Crippen LogP contribution in [0.15, 0.2) is 59.1 Å². The number of benzene rings is 2. The summed E-state index contributed by atoms with van der Waals surface area (Å²) in [6.45, 7) is 1.25. The number of carbonyl (C=O) groups is 2. The summed E-state index contributed by atoms with van der Waals surface area (Å²) in [7, 11) is 0. The van der Waals surface area contributed by atoms with Gasteiger partial charge in [0.25, 0.3) is 0 Å². The Labute approximate surface area is 149 Å². The van der Waals surface area contributed by atoms with Crippen molar-refractivity contribution in [2.24, 2.45) is 0 Å². The first-order valence-electron chi connectivity index (χ1n) is 7.54. The molecule has 0 spiro atoms. The summed E-state index contributed by atoms with van der Waals surface area (Å²) >= 11 is 5.79. The quantitative estimate of drug-likeness (QED) is 0.503. The van der Waals surface area contributed by atoms with Gasteiger partial charge in [-0.2, -0.15) is 0 Å². The van der Waals surface area contributed by atoms with E-state index in [2.05, 4.69) is 5.16 Å². The Morgan fingerprint density at radius 1 is 1.08 bits per heavy atom. The highest BCUT2D eigenvalue weighted by molar-refractivity contribution is 6.30. The van der Waals surface area contributed by atoms with Crippen LogP contribution < -0.4 is 0 Å². The van der Waals surface area contributed by atoms with Crippen LogP contribution in [0.4, 0.5) is 0 Å². The zero-order chi connectivity index (χ0) is 17.8. The monoisotopic (exact) mass is 355 g/mol. The first-order chi connectivity index (χ1) is 12.1. The van der Waals surface area contributed by atoms with Crippen LogP contribution in [-0.2, 0) is 4.74 Å². The smallest absolute Gasteiger partial charge is 0.344 e. The number of halogens is 1. The summed E-state index contributed by atoms with van der Waals surface area (Å²) in [4.78, 5) is 24.5. The Kier molecular flexibility index (Phi) is 4.95. The highest BCUT2D eigenvalue weighted by Crippen LogP contribution is 2.25. The van der Waals surface area contributed by atoms with Gasteiger partial charge in [-0.1, -0.05) is 47.1 Å². The maximum Gasteiger partial charge on any atom is 0.344 e. The number of ketones is 1. The minimum absolute atomic E-state index is 0.218. The van der Waals surface area contributed by atoms with E-state index in [1.54, 1.807) is 31.2 Å². The second-order valence-corrected chi connectivity index (χ2v) is 5.77. The lowest BCUT2D eigenvalue weighted by atomic mass is 10.1. The molecular weight excluding hydrogens is 342 g/mol. The number of hydrogen-bond acceptors (Lipinski definition) is 5. The number of carbonyl (C=O) groups excluding carboxylic acids is 2. The van der Waals surface area contributed by atoms with Crippen LogP contribution in [0.3, 0.4) is 0 Å². The van der Waals surface area contributed by atoms with E-state index in [4.69, 9.17) is 20.9 Å². The molecule has 6 heteroatoms. The van der Waals surface area contributed by atoms with Crippen LogP contribution >= 0.6 is 11.6 Å². The number of aryl methyl sites for hydroxylation is 1. The van der Waals surface area contributed by atoms with Gasteiger partial charge in [0.2, 0.25) is 0 Å². The van der Waals surface area contributed by atoms with Crippen molar-refractivity contribution in [3.8, 4) is 11.3 Å². The van der Waals surface area contributed by atoms with E-state index in [1.165, 1.54) is 0 Å². The number of ether oxygens (including phenoxy) is 1. The molecule has 126 valence electrons. The molecule has 0 saturated heterocycles. The molecule has 0 fully saturated rings. The third kappa shape index (κ3) is 3.78. The minimum Gasteiger partial charge on any atom is -0.454 e. The first-order valence-corrected chi connectivity index (χ1v) is 7.91. The Balaban J connectivity index is 1.75. The Morgan fingerprint density at radius 3 is 2.44 bits per heavy atom. The lowest BCUT2D eigenvalue weighted by Crippen LogP contribution is -2.15. The van der Waals surface area contributed by atoms with E-state index in [1.807, 2.05) is 30.3 Å². The topological polar surface area (TPSA) is 69.4 Å². The molecule has 1 aromatic heterocycles. The lowest BCUT2D eigenvalue weighted by molar-refractivity contribution is 0.0473. The van der Waals surface area contributed by atoms with Crippen molar-refractivity contribution in [1.29, 1.82) is 0 Å². The van der Waals surface area contributed by atoms with Crippen LogP contribution in [-0.4, -0.2) is 23.5 Å². The minimum atomic E-state index is -0.653. The predicted molar refractivity (Wildman–Crippen MR) is 92.7 cm³/mol. The van der Waals surface area contributed by atoms with E-state index in [-0.39, 0.29) is 18.0 Å². The summed E-state index contributed by atoms with van der Waals surface area (Å²) in [5, 5.41) is 4.46. The van der Waals surface area contributed by atoms with Crippen LogP contribution in [0.25, 0.3) is 11.3 Å². The van der Waals surface area contributed by atoms with Gasteiger partial charge in [-0.05, 0) is 31.2 Å². The van der Waals surface area contributed by atoms with Crippen LogP contribution in [0.1, 0.15) is 26.5 Å². The number of rotatable bonds is 5. The molecule has 0 atom stereocenters. The number of esters is 1.